The van der Waals surface area contributed by atoms with Crippen LogP contribution < -0.4 is 10.1 Å². The molecule has 4 nitrogen and oxygen atoms in total. The number of aromatic nitrogens is 2. The molecule has 6 heteroatoms. The summed E-state index contributed by atoms with van der Waals surface area (Å²) >= 11 is 0. The number of rotatable bonds is 6. The maximum absolute atomic E-state index is 12.2. The third kappa shape index (κ3) is 4.53. The van der Waals surface area contributed by atoms with Crippen molar-refractivity contribution in [2.75, 3.05) is 0 Å². The Morgan fingerprint density at radius 2 is 2.05 bits per heavy atom. The van der Waals surface area contributed by atoms with Gasteiger partial charge in [-0.15, -0.1) is 0 Å². The van der Waals surface area contributed by atoms with Crippen molar-refractivity contribution in [3.8, 4) is 5.75 Å². The number of halogens is 2. The van der Waals surface area contributed by atoms with Gasteiger partial charge in [-0.05, 0) is 17.7 Å². The summed E-state index contributed by atoms with van der Waals surface area (Å²) in [6.07, 6.45) is 1.81. The summed E-state index contributed by atoms with van der Waals surface area (Å²) in [4.78, 5) is 0. The van der Waals surface area contributed by atoms with Gasteiger partial charge in [0.05, 0.1) is 6.20 Å². The van der Waals surface area contributed by atoms with Gasteiger partial charge >= 0.3 is 6.61 Å². The molecule has 0 spiro atoms. The summed E-state index contributed by atoms with van der Waals surface area (Å²) < 4.78 is 28.8. The maximum atomic E-state index is 12.2. The highest BCUT2D eigenvalue weighted by Crippen LogP contribution is 2.23. The molecular formula is C16H21F2N3O. The molecule has 0 aliphatic rings. The summed E-state index contributed by atoms with van der Waals surface area (Å²) in [5.74, 6) is 0.174. The van der Waals surface area contributed by atoms with Gasteiger partial charge in [0.2, 0.25) is 0 Å². The zero-order chi connectivity index (χ0) is 16.2. The van der Waals surface area contributed by atoms with E-state index >= 15 is 0 Å². The lowest BCUT2D eigenvalue weighted by Gasteiger charge is -2.18. The van der Waals surface area contributed by atoms with E-state index in [1.807, 2.05) is 12.3 Å². The first-order valence-corrected chi connectivity index (χ1v) is 7.13. The number of aromatic amines is 1. The first-order chi connectivity index (χ1) is 10.4. The molecule has 2 N–H and O–H groups in total. The maximum Gasteiger partial charge on any atom is 0.387 e. The molecule has 0 amide bonds. The fraction of sp³-hybridized carbons (Fsp3) is 0.438. The Morgan fingerprint density at radius 1 is 1.27 bits per heavy atom. The molecular weight excluding hydrogens is 288 g/mol. The van der Waals surface area contributed by atoms with Crippen molar-refractivity contribution < 1.29 is 13.5 Å². The molecule has 0 saturated heterocycles. The van der Waals surface area contributed by atoms with Crippen LogP contribution in [0, 0.1) is 0 Å². The minimum atomic E-state index is -2.80. The van der Waals surface area contributed by atoms with Gasteiger partial charge in [-0.1, -0.05) is 32.9 Å². The van der Waals surface area contributed by atoms with E-state index in [9.17, 15) is 8.78 Å². The molecule has 22 heavy (non-hydrogen) atoms. The number of benzene rings is 1. The SMILES string of the molecule is CC(C)(C)c1[nH]ncc1CNCc1cccc(OC(F)F)c1. The second-order valence-corrected chi connectivity index (χ2v) is 6.15. The largest absolute Gasteiger partial charge is 0.435 e. The summed E-state index contributed by atoms with van der Waals surface area (Å²) in [7, 11) is 0. The lowest BCUT2D eigenvalue weighted by molar-refractivity contribution is -0.0498. The van der Waals surface area contributed by atoms with Gasteiger partial charge in [0, 0.05) is 29.8 Å². The van der Waals surface area contributed by atoms with E-state index in [2.05, 4.69) is 41.0 Å². The lowest BCUT2D eigenvalue weighted by Crippen LogP contribution is -2.19. The van der Waals surface area contributed by atoms with E-state index in [1.54, 1.807) is 12.1 Å². The topological polar surface area (TPSA) is 49.9 Å². The highest BCUT2D eigenvalue weighted by Gasteiger charge is 2.19. The van der Waals surface area contributed by atoms with Crippen molar-refractivity contribution >= 4 is 0 Å². The molecule has 0 bridgehead atoms. The van der Waals surface area contributed by atoms with Crippen LogP contribution in [-0.2, 0) is 18.5 Å². The molecule has 1 aromatic heterocycles. The number of hydrogen-bond acceptors (Lipinski definition) is 3. The molecule has 0 saturated carbocycles. The number of ether oxygens (including phenoxy) is 1. The Bertz CT molecular complexity index is 605. The molecule has 0 atom stereocenters. The van der Waals surface area contributed by atoms with Gasteiger partial charge in [0.1, 0.15) is 5.75 Å². The van der Waals surface area contributed by atoms with Gasteiger partial charge in [-0.2, -0.15) is 13.9 Å². The molecule has 1 aromatic carbocycles. The van der Waals surface area contributed by atoms with Gasteiger partial charge in [0.25, 0.3) is 0 Å². The van der Waals surface area contributed by atoms with Crippen molar-refractivity contribution in [2.45, 2.75) is 45.9 Å². The number of hydrogen-bond donors (Lipinski definition) is 2. The summed E-state index contributed by atoms with van der Waals surface area (Å²) in [6.45, 7) is 4.78. The van der Waals surface area contributed by atoms with E-state index in [0.29, 0.717) is 13.1 Å². The van der Waals surface area contributed by atoms with Crippen molar-refractivity contribution in [3.05, 3.63) is 47.3 Å². The molecule has 0 fully saturated rings. The van der Waals surface area contributed by atoms with Crippen molar-refractivity contribution in [2.24, 2.45) is 0 Å². The second-order valence-electron chi connectivity index (χ2n) is 6.15. The first kappa shape index (κ1) is 16.4. The van der Waals surface area contributed by atoms with Gasteiger partial charge in [0.15, 0.2) is 0 Å². The molecule has 0 radical (unpaired) electrons. The number of alkyl halides is 2. The lowest BCUT2D eigenvalue weighted by atomic mass is 9.89. The van der Waals surface area contributed by atoms with Crippen LogP contribution in [0.25, 0.3) is 0 Å². The van der Waals surface area contributed by atoms with Gasteiger partial charge < -0.3 is 10.1 Å². The van der Waals surface area contributed by atoms with E-state index in [-0.39, 0.29) is 11.2 Å². The summed E-state index contributed by atoms with van der Waals surface area (Å²) in [5, 5.41) is 10.4. The second kappa shape index (κ2) is 6.87. The fourth-order valence-corrected chi connectivity index (χ4v) is 2.27. The third-order valence-corrected chi connectivity index (χ3v) is 3.24. The Morgan fingerprint density at radius 3 is 2.73 bits per heavy atom. The van der Waals surface area contributed by atoms with Crippen LogP contribution in [0.1, 0.15) is 37.6 Å². The Balaban J connectivity index is 1.93. The van der Waals surface area contributed by atoms with Crippen molar-refractivity contribution in [1.29, 1.82) is 0 Å². The molecule has 0 aliphatic heterocycles. The monoisotopic (exact) mass is 309 g/mol. The van der Waals surface area contributed by atoms with Crippen LogP contribution in [-0.4, -0.2) is 16.8 Å². The van der Waals surface area contributed by atoms with Crippen LogP contribution in [0.2, 0.25) is 0 Å². The quantitative estimate of drug-likeness (QED) is 0.857. The van der Waals surface area contributed by atoms with Gasteiger partial charge in [-0.25, -0.2) is 0 Å². The van der Waals surface area contributed by atoms with E-state index in [1.165, 1.54) is 6.07 Å². The smallest absolute Gasteiger partial charge is 0.387 e. The van der Waals surface area contributed by atoms with Crippen LogP contribution >= 0.6 is 0 Å². The zero-order valence-electron chi connectivity index (χ0n) is 13.0. The minimum Gasteiger partial charge on any atom is -0.435 e. The Hall–Kier alpha value is -1.95. The highest BCUT2D eigenvalue weighted by molar-refractivity contribution is 5.29. The minimum absolute atomic E-state index is 0.00145. The van der Waals surface area contributed by atoms with Crippen LogP contribution in [0.3, 0.4) is 0 Å². The first-order valence-electron chi connectivity index (χ1n) is 7.13. The molecule has 1 heterocycles. The van der Waals surface area contributed by atoms with Crippen LogP contribution in [0.5, 0.6) is 5.75 Å². The van der Waals surface area contributed by atoms with E-state index in [0.717, 1.165) is 16.8 Å². The predicted molar refractivity (Wildman–Crippen MR) is 80.9 cm³/mol. The molecule has 0 aliphatic carbocycles. The summed E-state index contributed by atoms with van der Waals surface area (Å²) in [5.41, 5.74) is 3.08. The average molecular weight is 309 g/mol. The number of nitrogens with zero attached hydrogens (tertiary/aromatic N) is 1. The average Bonchev–Trinajstić information content (AvgIpc) is 2.87. The predicted octanol–water partition coefficient (Wildman–Crippen LogP) is 3.60. The number of nitrogens with one attached hydrogen (secondary N) is 2. The highest BCUT2D eigenvalue weighted by atomic mass is 19.3. The summed E-state index contributed by atoms with van der Waals surface area (Å²) in [6, 6.07) is 6.70. The van der Waals surface area contributed by atoms with Crippen molar-refractivity contribution in [3.63, 3.8) is 0 Å². The van der Waals surface area contributed by atoms with Crippen LogP contribution in [0.15, 0.2) is 30.5 Å². The number of H-pyrrole nitrogens is 1. The Kier molecular flexibility index (Phi) is 5.13. The van der Waals surface area contributed by atoms with Crippen molar-refractivity contribution in [1.82, 2.24) is 15.5 Å². The molecule has 2 aromatic rings. The molecule has 120 valence electrons. The molecule has 0 unspecified atom stereocenters. The van der Waals surface area contributed by atoms with Crippen LogP contribution in [0.4, 0.5) is 8.78 Å². The standard InChI is InChI=1S/C16H21F2N3O/c1-16(2,3)14-12(10-20-21-14)9-19-8-11-5-4-6-13(7-11)22-15(17)18/h4-7,10,15,19H,8-9H2,1-3H3,(H,20,21). The third-order valence-electron chi connectivity index (χ3n) is 3.24. The Labute approximate surface area is 128 Å². The molecule has 2 rings (SSSR count). The van der Waals surface area contributed by atoms with E-state index in [4.69, 9.17) is 0 Å². The van der Waals surface area contributed by atoms with Gasteiger partial charge in [-0.3, -0.25) is 5.10 Å². The normalized spacial score (nSPS) is 11.9. The fourth-order valence-electron chi connectivity index (χ4n) is 2.27. The zero-order valence-corrected chi connectivity index (χ0v) is 13.0. The van der Waals surface area contributed by atoms with E-state index < -0.39 is 6.61 Å².